The first-order valence-electron chi connectivity index (χ1n) is 4.37. The quantitative estimate of drug-likeness (QED) is 0.338. The Morgan fingerprint density at radius 1 is 0.769 bits per heavy atom. The second-order valence-corrected chi connectivity index (χ2v) is 3.59. The molecule has 1 aliphatic rings. The van der Waals surface area contributed by atoms with Gasteiger partial charge in [-0.3, -0.25) is 0 Å². The zero-order valence-corrected chi connectivity index (χ0v) is 7.24. The molecule has 0 bridgehead atoms. The summed E-state index contributed by atoms with van der Waals surface area (Å²) >= 11 is 0. The molecule has 5 nitrogen and oxygen atoms in total. The van der Waals surface area contributed by atoms with Crippen LogP contribution in [-0.2, 0) is 0 Å². The van der Waals surface area contributed by atoms with Gasteiger partial charge in [0, 0.05) is 25.0 Å². The van der Waals surface area contributed by atoms with Crippen molar-refractivity contribution in [3.05, 3.63) is 0 Å². The monoisotopic (exact) mass is 192 g/mol. The molecule has 0 radical (unpaired) electrons. The van der Waals surface area contributed by atoms with Crippen LogP contribution in [0.25, 0.3) is 0 Å². The minimum atomic E-state index is -1.27. The summed E-state index contributed by atoms with van der Waals surface area (Å²) in [6, 6.07) is 0. The van der Waals surface area contributed by atoms with E-state index in [9.17, 15) is 15.3 Å². The summed E-state index contributed by atoms with van der Waals surface area (Å²) in [4.78, 5) is 0. The lowest BCUT2D eigenvalue weighted by molar-refractivity contribution is -0.148. The molecule has 0 spiro atoms. The third-order valence-corrected chi connectivity index (χ3v) is 2.74. The Morgan fingerprint density at radius 2 is 1.15 bits per heavy atom. The molecule has 5 heteroatoms. The molecule has 1 saturated carbocycles. The second-order valence-electron chi connectivity index (χ2n) is 3.59. The van der Waals surface area contributed by atoms with E-state index in [-0.39, 0.29) is 13.2 Å². The van der Waals surface area contributed by atoms with E-state index in [2.05, 4.69) is 0 Å². The number of rotatable bonds is 2. The van der Waals surface area contributed by atoms with E-state index in [4.69, 9.17) is 10.2 Å². The lowest BCUT2D eigenvalue weighted by Crippen LogP contribution is -2.52. The SMILES string of the molecule is OC[C@@H]1C[C@H](CO)[C@@H](O)C(O)[C@@H]1O. The van der Waals surface area contributed by atoms with Crippen LogP contribution >= 0.6 is 0 Å². The van der Waals surface area contributed by atoms with Crippen LogP contribution in [0.3, 0.4) is 0 Å². The fourth-order valence-corrected chi connectivity index (χ4v) is 1.79. The van der Waals surface area contributed by atoms with Gasteiger partial charge in [0.15, 0.2) is 0 Å². The van der Waals surface area contributed by atoms with Crippen molar-refractivity contribution in [2.75, 3.05) is 13.2 Å². The van der Waals surface area contributed by atoms with Crippen molar-refractivity contribution in [1.82, 2.24) is 0 Å². The Bertz CT molecular complexity index is 143. The zero-order chi connectivity index (χ0) is 10.0. The summed E-state index contributed by atoms with van der Waals surface area (Å²) in [5, 5.41) is 45.8. The maximum Gasteiger partial charge on any atom is 0.106 e. The average molecular weight is 192 g/mol. The zero-order valence-electron chi connectivity index (χ0n) is 7.24. The maximum absolute atomic E-state index is 9.37. The van der Waals surface area contributed by atoms with Crippen LogP contribution in [0.4, 0.5) is 0 Å². The molecule has 0 aromatic heterocycles. The highest BCUT2D eigenvalue weighted by Crippen LogP contribution is 2.29. The first kappa shape index (κ1) is 10.9. The molecule has 1 unspecified atom stereocenters. The molecule has 5 atom stereocenters. The van der Waals surface area contributed by atoms with Gasteiger partial charge in [0.1, 0.15) is 6.10 Å². The Kier molecular flexibility index (Phi) is 3.63. The third-order valence-electron chi connectivity index (χ3n) is 2.74. The van der Waals surface area contributed by atoms with E-state index in [0.717, 1.165) is 0 Å². The van der Waals surface area contributed by atoms with Crippen LogP contribution in [0.2, 0.25) is 0 Å². The molecule has 1 rings (SSSR count). The van der Waals surface area contributed by atoms with E-state index >= 15 is 0 Å². The van der Waals surface area contributed by atoms with Crippen molar-refractivity contribution in [3.8, 4) is 0 Å². The van der Waals surface area contributed by atoms with Gasteiger partial charge in [-0.05, 0) is 6.42 Å². The highest BCUT2D eigenvalue weighted by molar-refractivity contribution is 4.91. The van der Waals surface area contributed by atoms with E-state index in [1.165, 1.54) is 0 Å². The molecule has 0 saturated heterocycles. The molecule has 1 fully saturated rings. The Balaban J connectivity index is 2.66. The predicted molar refractivity (Wildman–Crippen MR) is 43.8 cm³/mol. The van der Waals surface area contributed by atoms with Crippen molar-refractivity contribution in [3.63, 3.8) is 0 Å². The second kappa shape index (κ2) is 4.34. The van der Waals surface area contributed by atoms with E-state index in [0.29, 0.717) is 6.42 Å². The van der Waals surface area contributed by atoms with Gasteiger partial charge >= 0.3 is 0 Å². The molecular formula is C8H16O5. The smallest absolute Gasteiger partial charge is 0.106 e. The molecule has 0 amide bonds. The van der Waals surface area contributed by atoms with Crippen LogP contribution in [0.5, 0.6) is 0 Å². The van der Waals surface area contributed by atoms with Gasteiger partial charge < -0.3 is 25.5 Å². The molecule has 0 heterocycles. The van der Waals surface area contributed by atoms with Gasteiger partial charge in [-0.1, -0.05) is 0 Å². The molecule has 0 aromatic rings. The summed E-state index contributed by atoms with van der Waals surface area (Å²) in [7, 11) is 0. The number of aliphatic hydroxyl groups excluding tert-OH is 5. The van der Waals surface area contributed by atoms with Gasteiger partial charge in [-0.2, -0.15) is 0 Å². The average Bonchev–Trinajstić information content (AvgIpc) is 2.15. The molecule has 5 N–H and O–H groups in total. The summed E-state index contributed by atoms with van der Waals surface area (Å²) in [6.07, 6.45) is -3.17. The molecule has 0 aromatic carbocycles. The third kappa shape index (κ3) is 2.00. The Hall–Kier alpha value is -0.200. The summed E-state index contributed by atoms with van der Waals surface area (Å²) in [5.74, 6) is -0.925. The topological polar surface area (TPSA) is 101 Å². The van der Waals surface area contributed by atoms with Gasteiger partial charge in [-0.25, -0.2) is 0 Å². The van der Waals surface area contributed by atoms with Crippen molar-refractivity contribution >= 4 is 0 Å². The number of aliphatic hydroxyl groups is 5. The fraction of sp³-hybridized carbons (Fsp3) is 1.00. The predicted octanol–water partition coefficient (Wildman–Crippen LogP) is -2.31. The van der Waals surface area contributed by atoms with Crippen LogP contribution in [0, 0.1) is 11.8 Å². The lowest BCUT2D eigenvalue weighted by Gasteiger charge is -2.39. The molecule has 1 aliphatic carbocycles. The molecule has 0 aliphatic heterocycles. The van der Waals surface area contributed by atoms with Crippen LogP contribution in [0.1, 0.15) is 6.42 Å². The first-order chi connectivity index (χ1) is 6.11. The molecule has 13 heavy (non-hydrogen) atoms. The number of hydrogen-bond acceptors (Lipinski definition) is 5. The lowest BCUT2D eigenvalue weighted by atomic mass is 9.76. The van der Waals surface area contributed by atoms with Gasteiger partial charge in [0.2, 0.25) is 0 Å². The Labute approximate surface area is 76.3 Å². The standard InChI is InChI=1S/C8H16O5/c9-2-4-1-5(3-10)7(12)8(13)6(4)11/h4-13H,1-3H2/t4-,5+,6-,7-,8?/m1/s1. The van der Waals surface area contributed by atoms with E-state index < -0.39 is 30.1 Å². The van der Waals surface area contributed by atoms with Crippen molar-refractivity contribution in [2.24, 2.45) is 11.8 Å². The highest BCUT2D eigenvalue weighted by Gasteiger charge is 2.41. The maximum atomic E-state index is 9.37. The molecule has 78 valence electrons. The fourth-order valence-electron chi connectivity index (χ4n) is 1.79. The summed E-state index contributed by atoms with van der Waals surface area (Å²) < 4.78 is 0. The van der Waals surface area contributed by atoms with Gasteiger partial charge in [-0.15, -0.1) is 0 Å². The first-order valence-corrected chi connectivity index (χ1v) is 4.37. The largest absolute Gasteiger partial charge is 0.396 e. The van der Waals surface area contributed by atoms with Gasteiger partial charge in [0.25, 0.3) is 0 Å². The van der Waals surface area contributed by atoms with Crippen LogP contribution < -0.4 is 0 Å². The van der Waals surface area contributed by atoms with Crippen LogP contribution in [0.15, 0.2) is 0 Å². The minimum Gasteiger partial charge on any atom is -0.396 e. The van der Waals surface area contributed by atoms with Gasteiger partial charge in [0.05, 0.1) is 12.2 Å². The molecular weight excluding hydrogens is 176 g/mol. The number of hydrogen-bond donors (Lipinski definition) is 5. The van der Waals surface area contributed by atoms with E-state index in [1.54, 1.807) is 0 Å². The van der Waals surface area contributed by atoms with E-state index in [1.807, 2.05) is 0 Å². The summed E-state index contributed by atoms with van der Waals surface area (Å²) in [5.41, 5.74) is 0. The highest BCUT2D eigenvalue weighted by atomic mass is 16.4. The van der Waals surface area contributed by atoms with Crippen molar-refractivity contribution < 1.29 is 25.5 Å². The Morgan fingerprint density at radius 3 is 1.46 bits per heavy atom. The summed E-state index contributed by atoms with van der Waals surface area (Å²) in [6.45, 7) is -0.497. The normalized spacial score (nSPS) is 46.4. The van der Waals surface area contributed by atoms with Crippen molar-refractivity contribution in [2.45, 2.75) is 24.7 Å². The van der Waals surface area contributed by atoms with Crippen LogP contribution in [-0.4, -0.2) is 57.1 Å². The van der Waals surface area contributed by atoms with Crippen molar-refractivity contribution in [1.29, 1.82) is 0 Å². The minimum absolute atomic E-state index is 0.249.